The summed E-state index contributed by atoms with van der Waals surface area (Å²) in [6, 6.07) is 21.2. The number of halogens is 2. The first-order chi connectivity index (χ1) is 21.6. The van der Waals surface area contributed by atoms with Crippen molar-refractivity contribution in [3.8, 4) is 0 Å². The third kappa shape index (κ3) is 8.20. The van der Waals surface area contributed by atoms with Crippen LogP contribution in [0.5, 0.6) is 0 Å². The van der Waals surface area contributed by atoms with Crippen LogP contribution in [0.3, 0.4) is 0 Å². The Bertz CT molecular complexity index is 1600. The molecule has 8 nitrogen and oxygen atoms in total. The van der Waals surface area contributed by atoms with E-state index in [9.17, 15) is 23.5 Å². The maximum Gasteiger partial charge on any atom is 0.270 e. The fourth-order valence-corrected chi connectivity index (χ4v) is 5.62. The van der Waals surface area contributed by atoms with Crippen LogP contribution < -0.4 is 10.6 Å². The van der Waals surface area contributed by atoms with Crippen LogP contribution in [0, 0.1) is 6.92 Å². The van der Waals surface area contributed by atoms with E-state index in [-0.39, 0.29) is 30.6 Å². The Morgan fingerprint density at radius 2 is 1.78 bits per heavy atom. The monoisotopic (exact) mass is 616 g/mol. The zero-order valence-electron chi connectivity index (χ0n) is 25.4. The Kier molecular flexibility index (Phi) is 10.0. The Balaban J connectivity index is 1.26. The maximum absolute atomic E-state index is 13.8. The highest BCUT2D eigenvalue weighted by atomic mass is 19.3. The number of rotatable bonds is 12. The number of hydrogen-bond donors (Lipinski definition) is 3. The summed E-state index contributed by atoms with van der Waals surface area (Å²) >= 11 is 0. The highest BCUT2D eigenvalue weighted by Crippen LogP contribution is 2.33. The number of nitrogens with zero attached hydrogens (tertiary/aromatic N) is 2. The van der Waals surface area contributed by atoms with E-state index >= 15 is 0 Å². The summed E-state index contributed by atoms with van der Waals surface area (Å²) in [5.41, 5.74) is 2.92. The molecule has 1 aromatic heterocycles. The van der Waals surface area contributed by atoms with Gasteiger partial charge in [0.05, 0.1) is 17.8 Å². The van der Waals surface area contributed by atoms with E-state index in [1.54, 1.807) is 47.6 Å². The first kappa shape index (κ1) is 32.0. The number of nitrogens with one attached hydrogen (secondary N) is 2. The zero-order valence-corrected chi connectivity index (χ0v) is 25.4. The van der Waals surface area contributed by atoms with Crippen LogP contribution in [0.4, 0.5) is 8.78 Å². The molecule has 3 atom stereocenters. The van der Waals surface area contributed by atoms with Gasteiger partial charge in [0.25, 0.3) is 17.7 Å². The number of carbonyl (C=O) groups is 2. The summed E-state index contributed by atoms with van der Waals surface area (Å²) in [6.45, 7) is 3.63. The van der Waals surface area contributed by atoms with Gasteiger partial charge in [-0.25, -0.2) is 13.8 Å². The number of benzene rings is 3. The lowest BCUT2D eigenvalue weighted by Crippen LogP contribution is -2.48. The molecule has 1 aliphatic rings. The Hall–Kier alpha value is -4.41. The summed E-state index contributed by atoms with van der Waals surface area (Å²) in [6.07, 6.45) is 2.50. The largest absolute Gasteiger partial charge is 0.446 e. The standard InChI is InChI=1S/C35H38F2N4O4/c1-23-22-45-33(39-23)30-15-8-16-41(30)34(44)27-13-7-12-26(19-27)32(43)40-29(18-24-9-4-3-5-10-24)31(42)21-38-20-25-11-6-14-28(17-25)35(2,36)37/h3-7,9-14,17,19,22,29-31,38,42H,8,15-16,18,20-21H2,1-2H3,(H,40,43)/t29-,30+,31+/m0/s1. The predicted molar refractivity (Wildman–Crippen MR) is 166 cm³/mol. The first-order valence-electron chi connectivity index (χ1n) is 15.1. The first-order valence-corrected chi connectivity index (χ1v) is 15.1. The van der Waals surface area contributed by atoms with Crippen molar-refractivity contribution in [2.75, 3.05) is 13.1 Å². The molecule has 45 heavy (non-hydrogen) atoms. The van der Waals surface area contributed by atoms with E-state index in [4.69, 9.17) is 4.42 Å². The molecule has 1 aliphatic heterocycles. The normalized spacial score (nSPS) is 16.4. The van der Waals surface area contributed by atoms with E-state index in [0.29, 0.717) is 35.5 Å². The molecule has 5 rings (SSSR count). The van der Waals surface area contributed by atoms with Crippen LogP contribution in [0.25, 0.3) is 0 Å². The van der Waals surface area contributed by atoms with E-state index in [2.05, 4.69) is 15.6 Å². The van der Waals surface area contributed by atoms with Crippen molar-refractivity contribution < 1.29 is 27.9 Å². The van der Waals surface area contributed by atoms with E-state index in [0.717, 1.165) is 31.0 Å². The molecule has 0 unspecified atom stereocenters. The van der Waals surface area contributed by atoms with E-state index in [1.165, 1.54) is 12.1 Å². The van der Waals surface area contributed by atoms with Gasteiger partial charge in [-0.15, -0.1) is 0 Å². The topological polar surface area (TPSA) is 108 Å². The number of aromatic nitrogens is 1. The van der Waals surface area contributed by atoms with E-state index < -0.39 is 24.0 Å². The summed E-state index contributed by atoms with van der Waals surface area (Å²) in [4.78, 5) is 33.2. The van der Waals surface area contributed by atoms with Crippen molar-refractivity contribution in [3.05, 3.63) is 125 Å². The van der Waals surface area contributed by atoms with Crippen molar-refractivity contribution in [2.24, 2.45) is 0 Å². The molecule has 236 valence electrons. The molecule has 4 aromatic rings. The molecule has 1 saturated heterocycles. The van der Waals surface area contributed by atoms with E-state index in [1.807, 2.05) is 37.3 Å². The number of alkyl halides is 2. The second-order valence-electron chi connectivity index (χ2n) is 11.6. The number of hydrogen-bond acceptors (Lipinski definition) is 6. The van der Waals surface area contributed by atoms with Crippen LogP contribution >= 0.6 is 0 Å². The molecule has 0 saturated carbocycles. The van der Waals surface area contributed by atoms with Crippen molar-refractivity contribution in [2.45, 2.75) is 63.8 Å². The summed E-state index contributed by atoms with van der Waals surface area (Å²) in [5, 5.41) is 17.3. The number of aryl methyl sites for hydroxylation is 1. The van der Waals surface area contributed by atoms with Crippen molar-refractivity contribution in [1.82, 2.24) is 20.5 Å². The average molecular weight is 617 g/mol. The minimum Gasteiger partial charge on any atom is -0.446 e. The smallest absolute Gasteiger partial charge is 0.270 e. The molecular weight excluding hydrogens is 578 g/mol. The molecule has 2 amide bonds. The van der Waals surface area contributed by atoms with Crippen LogP contribution in [0.2, 0.25) is 0 Å². The van der Waals surface area contributed by atoms with Gasteiger partial charge >= 0.3 is 0 Å². The fourth-order valence-electron chi connectivity index (χ4n) is 5.62. The summed E-state index contributed by atoms with van der Waals surface area (Å²) in [7, 11) is 0. The molecule has 0 radical (unpaired) electrons. The predicted octanol–water partition coefficient (Wildman–Crippen LogP) is 5.56. The lowest BCUT2D eigenvalue weighted by Gasteiger charge is -2.25. The van der Waals surface area contributed by atoms with Crippen LogP contribution in [-0.4, -0.2) is 52.0 Å². The van der Waals surface area contributed by atoms with Gasteiger partial charge in [0.2, 0.25) is 5.89 Å². The highest BCUT2D eigenvalue weighted by molar-refractivity contribution is 6.00. The average Bonchev–Trinajstić information content (AvgIpc) is 3.70. The van der Waals surface area contributed by atoms with Gasteiger partial charge < -0.3 is 25.1 Å². The molecule has 3 N–H and O–H groups in total. The van der Waals surface area contributed by atoms with Gasteiger partial charge in [0.1, 0.15) is 12.3 Å². The van der Waals surface area contributed by atoms with Gasteiger partial charge in [-0.2, -0.15) is 0 Å². The fraction of sp³-hybridized carbons (Fsp3) is 0.343. The molecule has 0 spiro atoms. The summed E-state index contributed by atoms with van der Waals surface area (Å²) < 4.78 is 33.1. The number of aliphatic hydroxyl groups is 1. The Labute approximate surface area is 261 Å². The third-order valence-corrected chi connectivity index (χ3v) is 8.00. The molecule has 0 aliphatic carbocycles. The van der Waals surface area contributed by atoms with Gasteiger partial charge in [-0.05, 0) is 61.6 Å². The van der Waals surface area contributed by atoms with Gasteiger partial charge in [0.15, 0.2) is 0 Å². The number of likely N-dealkylation sites (tertiary alicyclic amines) is 1. The lowest BCUT2D eigenvalue weighted by molar-refractivity contribution is 0.0173. The molecule has 3 aromatic carbocycles. The number of oxazole rings is 1. The molecule has 10 heteroatoms. The second kappa shape index (κ2) is 14.1. The quantitative estimate of drug-likeness (QED) is 0.192. The Morgan fingerprint density at radius 1 is 1.04 bits per heavy atom. The molecular formula is C35H38F2N4O4. The third-order valence-electron chi connectivity index (χ3n) is 8.00. The highest BCUT2D eigenvalue weighted by Gasteiger charge is 2.34. The minimum absolute atomic E-state index is 0.0785. The summed E-state index contributed by atoms with van der Waals surface area (Å²) in [5.74, 6) is -3.08. The zero-order chi connectivity index (χ0) is 32.0. The maximum atomic E-state index is 13.8. The van der Waals surface area contributed by atoms with Gasteiger partial charge in [-0.1, -0.05) is 54.6 Å². The van der Waals surface area contributed by atoms with Crippen LogP contribution in [0.1, 0.15) is 74.8 Å². The van der Waals surface area contributed by atoms with Crippen molar-refractivity contribution in [1.29, 1.82) is 0 Å². The molecule has 1 fully saturated rings. The molecule has 2 heterocycles. The van der Waals surface area contributed by atoms with Crippen LogP contribution in [0.15, 0.2) is 89.5 Å². The second-order valence-corrected chi connectivity index (χ2v) is 11.6. The Morgan fingerprint density at radius 3 is 2.51 bits per heavy atom. The number of amides is 2. The minimum atomic E-state index is -2.95. The number of aliphatic hydroxyl groups excluding tert-OH is 1. The van der Waals surface area contributed by atoms with Crippen LogP contribution in [-0.2, 0) is 18.9 Å². The lowest BCUT2D eigenvalue weighted by atomic mass is 10.00. The number of carbonyl (C=O) groups excluding carboxylic acids is 2. The van der Waals surface area contributed by atoms with Gasteiger partial charge in [-0.3, -0.25) is 9.59 Å². The molecule has 0 bridgehead atoms. The van der Waals surface area contributed by atoms with Gasteiger partial charge in [0, 0.05) is 43.2 Å². The van der Waals surface area contributed by atoms with Crippen molar-refractivity contribution >= 4 is 11.8 Å². The van der Waals surface area contributed by atoms with Crippen molar-refractivity contribution in [3.63, 3.8) is 0 Å². The SMILES string of the molecule is Cc1coc([C@H]2CCCN2C(=O)c2cccc(C(=O)N[C@@H](Cc3ccccc3)[C@H](O)CNCc3cccc(C(C)(F)F)c3)c2)n1.